The van der Waals surface area contributed by atoms with Crippen molar-refractivity contribution in [3.63, 3.8) is 0 Å². The Hall–Kier alpha value is -0.830. The molecule has 9 heteroatoms. The molecular formula is C12H14ClF3N2O2S. The molecule has 1 aliphatic rings. The Balaban J connectivity index is 2.34. The number of halogens is 4. The van der Waals surface area contributed by atoms with E-state index in [1.807, 2.05) is 0 Å². The van der Waals surface area contributed by atoms with Crippen LogP contribution in [0.4, 0.5) is 13.2 Å². The van der Waals surface area contributed by atoms with Crippen LogP contribution in [0.2, 0.25) is 5.02 Å². The van der Waals surface area contributed by atoms with Gasteiger partial charge in [-0.2, -0.15) is 17.9 Å². The molecule has 0 saturated heterocycles. The summed E-state index contributed by atoms with van der Waals surface area (Å²) in [7, 11) is -2.67. The molecule has 0 atom stereocenters. The molecule has 2 N–H and O–H groups in total. The molecule has 1 aliphatic carbocycles. The van der Waals surface area contributed by atoms with Crippen LogP contribution in [0.5, 0.6) is 0 Å². The SMILES string of the molecule is CNCc1ccc(Cl)c(S(=O)(=O)NC2(C(F)(F)F)CC2)c1. The molecule has 2 rings (SSSR count). The molecule has 0 aromatic heterocycles. The van der Waals surface area contributed by atoms with Gasteiger partial charge in [-0.05, 0) is 37.6 Å². The minimum atomic E-state index is -4.62. The Kier molecular flexibility index (Phi) is 4.27. The van der Waals surface area contributed by atoms with Gasteiger partial charge in [0.2, 0.25) is 10.0 Å². The first-order valence-electron chi connectivity index (χ1n) is 6.15. The molecule has 4 nitrogen and oxygen atoms in total. The van der Waals surface area contributed by atoms with Crippen LogP contribution in [0.15, 0.2) is 23.1 Å². The number of hydrogen-bond donors (Lipinski definition) is 2. The molecule has 1 saturated carbocycles. The van der Waals surface area contributed by atoms with Crippen LogP contribution in [0.25, 0.3) is 0 Å². The summed E-state index contributed by atoms with van der Waals surface area (Å²) in [5.41, 5.74) is -1.74. The van der Waals surface area contributed by atoms with E-state index in [4.69, 9.17) is 11.6 Å². The average Bonchev–Trinajstić information content (AvgIpc) is 3.11. The Bertz CT molecular complexity index is 642. The first-order chi connectivity index (χ1) is 9.61. The third kappa shape index (κ3) is 3.33. The van der Waals surface area contributed by atoms with Crippen molar-refractivity contribution in [2.45, 2.75) is 36.0 Å². The van der Waals surface area contributed by atoms with Crippen molar-refractivity contribution in [3.05, 3.63) is 28.8 Å². The highest BCUT2D eigenvalue weighted by atomic mass is 35.5. The van der Waals surface area contributed by atoms with Gasteiger partial charge in [0, 0.05) is 6.54 Å². The molecule has 0 unspecified atom stereocenters. The standard InChI is InChI=1S/C12H14ClF3N2O2S/c1-17-7-8-2-3-9(13)10(6-8)21(19,20)18-11(4-5-11)12(14,15)16/h2-3,6,17-18H,4-5,7H2,1H3. The topological polar surface area (TPSA) is 58.2 Å². The predicted molar refractivity (Wildman–Crippen MR) is 72.6 cm³/mol. The van der Waals surface area contributed by atoms with Gasteiger partial charge in [-0.3, -0.25) is 0 Å². The summed E-state index contributed by atoms with van der Waals surface area (Å²) in [5.74, 6) is 0. The molecule has 0 heterocycles. The second kappa shape index (κ2) is 5.42. The van der Waals surface area contributed by atoms with Crippen molar-refractivity contribution < 1.29 is 21.6 Å². The normalized spacial score (nSPS) is 17.8. The van der Waals surface area contributed by atoms with E-state index in [2.05, 4.69) is 5.32 Å². The van der Waals surface area contributed by atoms with Crippen LogP contribution >= 0.6 is 11.6 Å². The minimum absolute atomic E-state index is 0.111. The van der Waals surface area contributed by atoms with Crippen LogP contribution in [0, 0.1) is 0 Å². The lowest BCUT2D eigenvalue weighted by Gasteiger charge is -2.21. The van der Waals surface area contributed by atoms with Gasteiger partial charge in [0.1, 0.15) is 10.4 Å². The molecule has 21 heavy (non-hydrogen) atoms. The fourth-order valence-electron chi connectivity index (χ4n) is 1.95. The van der Waals surface area contributed by atoms with E-state index < -0.39 is 21.7 Å². The Labute approximate surface area is 125 Å². The average molecular weight is 343 g/mol. The summed E-state index contributed by atoms with van der Waals surface area (Å²) in [6.07, 6.45) is -5.14. The highest BCUT2D eigenvalue weighted by Crippen LogP contribution is 2.49. The van der Waals surface area contributed by atoms with Crippen molar-refractivity contribution >= 4 is 21.6 Å². The molecule has 0 bridgehead atoms. The minimum Gasteiger partial charge on any atom is -0.316 e. The van der Waals surface area contributed by atoms with E-state index in [0.717, 1.165) is 0 Å². The number of nitrogens with one attached hydrogen (secondary N) is 2. The van der Waals surface area contributed by atoms with E-state index >= 15 is 0 Å². The number of alkyl halides is 3. The maximum Gasteiger partial charge on any atom is 0.407 e. The molecule has 0 amide bonds. The van der Waals surface area contributed by atoms with Gasteiger partial charge in [0.15, 0.2) is 0 Å². The molecule has 0 aliphatic heterocycles. The highest BCUT2D eigenvalue weighted by Gasteiger charge is 2.65. The Morgan fingerprint density at radius 2 is 1.95 bits per heavy atom. The van der Waals surface area contributed by atoms with Crippen LogP contribution in [0.3, 0.4) is 0 Å². The molecule has 1 fully saturated rings. The summed E-state index contributed by atoms with van der Waals surface area (Å²) in [6, 6.07) is 4.23. The van der Waals surface area contributed by atoms with Gasteiger partial charge in [-0.1, -0.05) is 17.7 Å². The van der Waals surface area contributed by atoms with Crippen molar-refractivity contribution in [3.8, 4) is 0 Å². The summed E-state index contributed by atoms with van der Waals surface area (Å²) in [4.78, 5) is -0.340. The van der Waals surface area contributed by atoms with Gasteiger partial charge in [-0.15, -0.1) is 0 Å². The molecular weight excluding hydrogens is 329 g/mol. The van der Waals surface area contributed by atoms with E-state index in [9.17, 15) is 21.6 Å². The van der Waals surface area contributed by atoms with E-state index in [1.165, 1.54) is 12.1 Å². The van der Waals surface area contributed by atoms with E-state index in [-0.39, 0.29) is 22.8 Å². The zero-order valence-electron chi connectivity index (χ0n) is 11.1. The van der Waals surface area contributed by atoms with Crippen LogP contribution in [-0.2, 0) is 16.6 Å². The van der Waals surface area contributed by atoms with Crippen LogP contribution in [0.1, 0.15) is 18.4 Å². The van der Waals surface area contributed by atoms with Crippen molar-refractivity contribution in [2.75, 3.05) is 7.05 Å². The van der Waals surface area contributed by atoms with Crippen LogP contribution < -0.4 is 10.0 Å². The van der Waals surface area contributed by atoms with Crippen LogP contribution in [-0.4, -0.2) is 27.2 Å². The molecule has 0 spiro atoms. The maximum absolute atomic E-state index is 12.9. The summed E-state index contributed by atoms with van der Waals surface area (Å²) >= 11 is 5.82. The van der Waals surface area contributed by atoms with Gasteiger partial charge in [-0.25, -0.2) is 8.42 Å². The lowest BCUT2D eigenvalue weighted by atomic mass is 10.2. The Morgan fingerprint density at radius 3 is 2.43 bits per heavy atom. The van der Waals surface area contributed by atoms with Crippen molar-refractivity contribution in [1.29, 1.82) is 0 Å². The quantitative estimate of drug-likeness (QED) is 0.864. The fourth-order valence-corrected chi connectivity index (χ4v) is 3.95. The maximum atomic E-state index is 12.9. The third-order valence-electron chi connectivity index (χ3n) is 3.29. The third-order valence-corrected chi connectivity index (χ3v) is 5.31. The van der Waals surface area contributed by atoms with Gasteiger partial charge < -0.3 is 5.32 Å². The lowest BCUT2D eigenvalue weighted by molar-refractivity contribution is -0.160. The molecule has 1 aromatic carbocycles. The summed E-state index contributed by atoms with van der Waals surface area (Å²) < 4.78 is 64.8. The smallest absolute Gasteiger partial charge is 0.316 e. The first kappa shape index (κ1) is 16.5. The van der Waals surface area contributed by atoms with Crippen molar-refractivity contribution in [1.82, 2.24) is 10.0 Å². The zero-order chi connectivity index (χ0) is 15.9. The lowest BCUT2D eigenvalue weighted by Crippen LogP contribution is -2.47. The molecule has 0 radical (unpaired) electrons. The largest absolute Gasteiger partial charge is 0.407 e. The number of benzene rings is 1. The van der Waals surface area contributed by atoms with Gasteiger partial charge >= 0.3 is 6.18 Å². The predicted octanol–water partition coefficient (Wildman–Crippen LogP) is 2.43. The number of sulfonamides is 1. The van der Waals surface area contributed by atoms with Gasteiger partial charge in [0.25, 0.3) is 0 Å². The van der Waals surface area contributed by atoms with Gasteiger partial charge in [0.05, 0.1) is 5.02 Å². The second-order valence-corrected chi connectivity index (χ2v) is 7.04. The summed E-state index contributed by atoms with van der Waals surface area (Å²) in [5, 5.41) is 2.72. The fraction of sp³-hybridized carbons (Fsp3) is 0.500. The molecule has 1 aromatic rings. The van der Waals surface area contributed by atoms with E-state index in [0.29, 0.717) is 12.1 Å². The Morgan fingerprint density at radius 1 is 1.33 bits per heavy atom. The monoisotopic (exact) mass is 342 g/mol. The van der Waals surface area contributed by atoms with E-state index in [1.54, 1.807) is 17.8 Å². The summed E-state index contributed by atoms with van der Waals surface area (Å²) in [6.45, 7) is 0.379. The highest BCUT2D eigenvalue weighted by molar-refractivity contribution is 7.89. The number of hydrogen-bond acceptors (Lipinski definition) is 3. The molecule has 118 valence electrons. The second-order valence-electron chi connectivity index (χ2n) is 4.98. The zero-order valence-corrected chi connectivity index (χ0v) is 12.7. The first-order valence-corrected chi connectivity index (χ1v) is 8.01. The number of rotatable bonds is 5. The van der Waals surface area contributed by atoms with Crippen molar-refractivity contribution in [2.24, 2.45) is 0 Å².